The number of aryl methyl sites for hydroxylation is 1. The first-order valence-corrected chi connectivity index (χ1v) is 12.3. The highest BCUT2D eigenvalue weighted by Crippen LogP contribution is 2.39. The number of rotatable bonds is 8. The lowest BCUT2D eigenvalue weighted by Crippen LogP contribution is -2.53. The first-order chi connectivity index (χ1) is 16.3. The number of aliphatic hydroxyl groups is 1. The maximum absolute atomic E-state index is 13.7. The van der Waals surface area contributed by atoms with Crippen molar-refractivity contribution in [2.45, 2.75) is 78.5 Å². The number of anilines is 1. The summed E-state index contributed by atoms with van der Waals surface area (Å²) in [7, 11) is 0. The van der Waals surface area contributed by atoms with Crippen molar-refractivity contribution in [2.75, 3.05) is 18.4 Å². The van der Waals surface area contributed by atoms with Gasteiger partial charge in [0.15, 0.2) is 0 Å². The molecule has 5 nitrogen and oxygen atoms in total. The molecule has 2 aromatic carbocycles. The summed E-state index contributed by atoms with van der Waals surface area (Å²) in [5.74, 6) is -1.68. The fourth-order valence-electron chi connectivity index (χ4n) is 5.00. The predicted octanol–water partition coefficient (Wildman–Crippen LogP) is 4.59. The van der Waals surface area contributed by atoms with E-state index in [1.807, 2.05) is 0 Å². The first-order valence-electron chi connectivity index (χ1n) is 12.3. The number of benzene rings is 2. The van der Waals surface area contributed by atoms with Crippen molar-refractivity contribution in [1.29, 1.82) is 0 Å². The average Bonchev–Trinajstić information content (AvgIpc) is 2.70. The van der Waals surface area contributed by atoms with Crippen molar-refractivity contribution in [2.24, 2.45) is 5.41 Å². The molecule has 0 spiro atoms. The van der Waals surface area contributed by atoms with Gasteiger partial charge in [0.05, 0.1) is 12.1 Å². The molecule has 0 fully saturated rings. The topological polar surface area (TPSA) is 73.4 Å². The molecule has 1 unspecified atom stereocenters. The van der Waals surface area contributed by atoms with E-state index < -0.39 is 23.8 Å². The Morgan fingerprint density at radius 2 is 1.80 bits per heavy atom. The molecule has 7 heteroatoms. The number of halogens is 2. The van der Waals surface area contributed by atoms with Crippen LogP contribution in [0.5, 0.6) is 0 Å². The predicted molar refractivity (Wildman–Crippen MR) is 136 cm³/mol. The zero-order chi connectivity index (χ0) is 26.0. The van der Waals surface area contributed by atoms with Gasteiger partial charge >= 0.3 is 0 Å². The van der Waals surface area contributed by atoms with Gasteiger partial charge in [0.25, 0.3) is 0 Å². The Hall–Kier alpha value is -2.51. The lowest BCUT2D eigenvalue weighted by atomic mass is 9.79. The first kappa shape index (κ1) is 27.1. The summed E-state index contributed by atoms with van der Waals surface area (Å²) in [5, 5.41) is 20.8. The van der Waals surface area contributed by atoms with Crippen LogP contribution in [-0.2, 0) is 23.2 Å². The zero-order valence-corrected chi connectivity index (χ0v) is 21.7. The lowest BCUT2D eigenvalue weighted by molar-refractivity contribution is -0.120. The molecule has 0 saturated heterocycles. The van der Waals surface area contributed by atoms with Gasteiger partial charge in [0.2, 0.25) is 5.91 Å². The van der Waals surface area contributed by atoms with E-state index in [-0.39, 0.29) is 29.8 Å². The molecule has 35 heavy (non-hydrogen) atoms. The second-order valence-electron chi connectivity index (χ2n) is 11.3. The van der Waals surface area contributed by atoms with Crippen LogP contribution in [0.2, 0.25) is 0 Å². The van der Waals surface area contributed by atoms with Crippen molar-refractivity contribution in [1.82, 2.24) is 10.6 Å². The Morgan fingerprint density at radius 1 is 1.14 bits per heavy atom. The van der Waals surface area contributed by atoms with E-state index in [9.17, 15) is 18.7 Å². The summed E-state index contributed by atoms with van der Waals surface area (Å²) >= 11 is 0. The number of nitrogens with one attached hydrogen (secondary N) is 3. The average molecular weight is 488 g/mol. The summed E-state index contributed by atoms with van der Waals surface area (Å²) in [6.07, 6.45) is 0.930. The SMILES string of the molecule is CC(=O)N[C@@H](Cc1cc(F)cc(F)c1)[C@H](O)CNC1(C)CCNc2c(C)cc(CC(C)(C)C)cc21. The second kappa shape index (κ2) is 10.6. The molecule has 3 rings (SSSR count). The van der Waals surface area contributed by atoms with E-state index >= 15 is 0 Å². The highest BCUT2D eigenvalue weighted by molar-refractivity contribution is 5.73. The molecule has 0 aliphatic carbocycles. The number of fused-ring (bicyclic) bond motifs is 1. The Kier molecular flexibility index (Phi) is 8.22. The molecule has 2 aromatic rings. The molecule has 4 N–H and O–H groups in total. The van der Waals surface area contributed by atoms with Crippen molar-refractivity contribution < 1.29 is 18.7 Å². The lowest BCUT2D eigenvalue weighted by Gasteiger charge is -2.40. The van der Waals surface area contributed by atoms with Gasteiger partial charge in [-0.1, -0.05) is 32.9 Å². The van der Waals surface area contributed by atoms with Gasteiger partial charge < -0.3 is 21.1 Å². The third kappa shape index (κ3) is 7.24. The van der Waals surface area contributed by atoms with Crippen molar-refractivity contribution in [3.63, 3.8) is 0 Å². The Morgan fingerprint density at radius 3 is 2.40 bits per heavy atom. The molecule has 0 aromatic heterocycles. The van der Waals surface area contributed by atoms with Crippen LogP contribution < -0.4 is 16.0 Å². The Labute approximate surface area is 207 Å². The van der Waals surface area contributed by atoms with Gasteiger partial charge in [-0.05, 0) is 72.9 Å². The van der Waals surface area contributed by atoms with E-state index in [2.05, 4.69) is 62.7 Å². The standard InChI is InChI=1S/C28H39F2N3O2/c1-17-9-20(15-27(3,4)5)12-23-26(17)31-8-7-28(23,6)32-16-25(35)24(33-18(2)34)13-19-10-21(29)14-22(30)11-19/h9-12,14,24-25,31-32,35H,7-8,13,15-16H2,1-6H3,(H,33,34)/t24-,25+,28?/m0/s1. The van der Waals surface area contributed by atoms with Crippen LogP contribution in [0.3, 0.4) is 0 Å². The molecule has 0 bridgehead atoms. The number of carbonyl (C=O) groups is 1. The summed E-state index contributed by atoms with van der Waals surface area (Å²) in [5.41, 5.74) is 4.90. The molecule has 3 atom stereocenters. The molecule has 192 valence electrons. The number of hydrogen-bond donors (Lipinski definition) is 4. The normalized spacial score (nSPS) is 19.5. The zero-order valence-electron chi connectivity index (χ0n) is 21.7. The van der Waals surface area contributed by atoms with Gasteiger partial charge in [-0.2, -0.15) is 0 Å². The summed E-state index contributed by atoms with van der Waals surface area (Å²) in [6.45, 7) is 13.3. The maximum Gasteiger partial charge on any atom is 0.217 e. The van der Waals surface area contributed by atoms with E-state index in [0.717, 1.165) is 31.1 Å². The highest BCUT2D eigenvalue weighted by atomic mass is 19.1. The summed E-state index contributed by atoms with van der Waals surface area (Å²) < 4.78 is 27.4. The Balaban J connectivity index is 1.81. The Bertz CT molecular complexity index is 1050. The molecule has 1 amide bonds. The van der Waals surface area contributed by atoms with Crippen molar-refractivity contribution in [3.8, 4) is 0 Å². The molecule has 1 aliphatic rings. The van der Waals surface area contributed by atoms with Crippen LogP contribution >= 0.6 is 0 Å². The minimum Gasteiger partial charge on any atom is -0.390 e. The maximum atomic E-state index is 13.7. The van der Waals surface area contributed by atoms with E-state index in [4.69, 9.17) is 0 Å². The van der Waals surface area contributed by atoms with E-state index in [0.29, 0.717) is 5.56 Å². The van der Waals surface area contributed by atoms with Crippen LogP contribution in [0.1, 0.15) is 63.3 Å². The minimum atomic E-state index is -0.959. The smallest absolute Gasteiger partial charge is 0.217 e. The van der Waals surface area contributed by atoms with Gasteiger partial charge in [-0.25, -0.2) is 8.78 Å². The third-order valence-corrected chi connectivity index (χ3v) is 6.58. The van der Waals surface area contributed by atoms with Gasteiger partial charge in [-0.3, -0.25) is 4.79 Å². The number of amides is 1. The van der Waals surface area contributed by atoms with Crippen LogP contribution in [0.4, 0.5) is 14.5 Å². The fourth-order valence-corrected chi connectivity index (χ4v) is 5.00. The number of hydrogen-bond acceptors (Lipinski definition) is 4. The van der Waals surface area contributed by atoms with Crippen molar-refractivity contribution >= 4 is 11.6 Å². The molecule has 1 aliphatic heterocycles. The molecule has 0 radical (unpaired) electrons. The van der Waals surface area contributed by atoms with Crippen LogP contribution in [0.25, 0.3) is 0 Å². The third-order valence-electron chi connectivity index (χ3n) is 6.58. The monoisotopic (exact) mass is 487 g/mol. The van der Waals surface area contributed by atoms with Crippen LogP contribution in [0.15, 0.2) is 30.3 Å². The fraction of sp³-hybridized carbons (Fsp3) is 0.536. The van der Waals surface area contributed by atoms with Gasteiger partial charge in [0.1, 0.15) is 11.6 Å². The van der Waals surface area contributed by atoms with Crippen LogP contribution in [0, 0.1) is 24.0 Å². The van der Waals surface area contributed by atoms with E-state index in [1.54, 1.807) is 0 Å². The minimum absolute atomic E-state index is 0.112. The molecule has 1 heterocycles. The number of aliphatic hydroxyl groups excluding tert-OH is 1. The quantitative estimate of drug-likeness (QED) is 0.440. The van der Waals surface area contributed by atoms with E-state index in [1.165, 1.54) is 35.7 Å². The summed E-state index contributed by atoms with van der Waals surface area (Å²) in [6, 6.07) is 7.05. The van der Waals surface area contributed by atoms with Gasteiger partial charge in [-0.15, -0.1) is 0 Å². The number of carbonyl (C=O) groups excluding carboxylic acids is 1. The molecular weight excluding hydrogens is 448 g/mol. The van der Waals surface area contributed by atoms with Crippen LogP contribution in [-0.4, -0.2) is 36.2 Å². The second-order valence-corrected chi connectivity index (χ2v) is 11.3. The highest BCUT2D eigenvalue weighted by Gasteiger charge is 2.34. The van der Waals surface area contributed by atoms with Gasteiger partial charge in [0, 0.05) is 37.3 Å². The largest absolute Gasteiger partial charge is 0.390 e. The molecular formula is C28H39F2N3O2. The summed E-state index contributed by atoms with van der Waals surface area (Å²) in [4.78, 5) is 11.8. The molecule has 0 saturated carbocycles. The van der Waals surface area contributed by atoms with Crippen molar-refractivity contribution in [3.05, 3.63) is 64.2 Å².